The Morgan fingerprint density at radius 3 is 2.50 bits per heavy atom. The molecule has 0 unspecified atom stereocenters. The van der Waals surface area contributed by atoms with E-state index in [1.807, 2.05) is 0 Å². The van der Waals surface area contributed by atoms with Crippen LogP contribution in [0.2, 0.25) is 0 Å². The predicted molar refractivity (Wildman–Crippen MR) is 80.6 cm³/mol. The van der Waals surface area contributed by atoms with Crippen LogP contribution in [0.4, 0.5) is 0 Å². The van der Waals surface area contributed by atoms with Gasteiger partial charge in [0.2, 0.25) is 0 Å². The number of nitrogens with two attached hydrogens (primary N) is 1. The first-order chi connectivity index (χ1) is 8.21. The summed E-state index contributed by atoms with van der Waals surface area (Å²) in [5.41, 5.74) is 9.14. The lowest BCUT2D eigenvalue weighted by molar-refractivity contribution is 0.374. The molecule has 0 saturated carbocycles. The maximum atomic E-state index is 5.99. The van der Waals surface area contributed by atoms with Crippen molar-refractivity contribution in [2.45, 2.75) is 59.4 Å². The Bertz CT molecular complexity index is 329. The molecule has 0 fully saturated rings. The van der Waals surface area contributed by atoms with Gasteiger partial charge in [0, 0.05) is 12.1 Å². The van der Waals surface area contributed by atoms with Crippen molar-refractivity contribution in [3.63, 3.8) is 0 Å². The lowest BCUT2D eigenvalue weighted by Gasteiger charge is -2.31. The van der Waals surface area contributed by atoms with Crippen LogP contribution in [-0.2, 0) is 0 Å². The molecular formula is C16H30N2. The molecule has 104 valence electrons. The quantitative estimate of drug-likeness (QED) is 0.709. The molecule has 0 aromatic heterocycles. The van der Waals surface area contributed by atoms with Gasteiger partial charge >= 0.3 is 0 Å². The van der Waals surface area contributed by atoms with E-state index in [0.29, 0.717) is 0 Å². The second kappa shape index (κ2) is 6.03. The minimum atomic E-state index is -0.0689. The molecule has 1 aliphatic rings. The van der Waals surface area contributed by atoms with Crippen LogP contribution in [0.1, 0.15) is 53.9 Å². The van der Waals surface area contributed by atoms with Crippen molar-refractivity contribution in [2.75, 3.05) is 13.1 Å². The van der Waals surface area contributed by atoms with Gasteiger partial charge in [0.05, 0.1) is 0 Å². The van der Waals surface area contributed by atoms with Gasteiger partial charge in [-0.25, -0.2) is 0 Å². The zero-order chi connectivity index (χ0) is 13.8. The molecule has 0 heterocycles. The van der Waals surface area contributed by atoms with E-state index in [2.05, 4.69) is 52.1 Å². The maximum absolute atomic E-state index is 5.99. The molecule has 0 aromatic rings. The average molecular weight is 250 g/mol. The molecule has 2 heteroatoms. The van der Waals surface area contributed by atoms with Crippen LogP contribution in [0.25, 0.3) is 0 Å². The van der Waals surface area contributed by atoms with Crippen LogP contribution in [-0.4, -0.2) is 18.6 Å². The molecule has 0 atom stereocenters. The zero-order valence-corrected chi connectivity index (χ0v) is 12.8. The Labute approximate surface area is 113 Å². The summed E-state index contributed by atoms with van der Waals surface area (Å²) in [6, 6.07) is 0. The van der Waals surface area contributed by atoms with Crippen molar-refractivity contribution < 1.29 is 0 Å². The fourth-order valence-corrected chi connectivity index (χ4v) is 2.32. The van der Waals surface area contributed by atoms with Crippen molar-refractivity contribution in [1.29, 1.82) is 0 Å². The highest BCUT2D eigenvalue weighted by atomic mass is 14.9. The molecule has 0 spiro atoms. The minimum absolute atomic E-state index is 0.0689. The number of hydrogen-bond donors (Lipinski definition) is 2. The van der Waals surface area contributed by atoms with Crippen LogP contribution in [0.3, 0.4) is 0 Å². The number of nitrogens with one attached hydrogen (secondary N) is 1. The van der Waals surface area contributed by atoms with Crippen molar-refractivity contribution in [3.05, 3.63) is 23.3 Å². The molecule has 0 aromatic carbocycles. The molecule has 0 saturated heterocycles. The first kappa shape index (κ1) is 15.5. The van der Waals surface area contributed by atoms with E-state index in [1.54, 1.807) is 5.57 Å². The summed E-state index contributed by atoms with van der Waals surface area (Å²) in [5.74, 6) is 0. The van der Waals surface area contributed by atoms with Crippen LogP contribution in [0, 0.1) is 5.41 Å². The van der Waals surface area contributed by atoms with E-state index in [-0.39, 0.29) is 11.0 Å². The molecule has 18 heavy (non-hydrogen) atoms. The van der Waals surface area contributed by atoms with Gasteiger partial charge in [0.15, 0.2) is 0 Å². The Balaban J connectivity index is 2.43. The lowest BCUT2D eigenvalue weighted by atomic mass is 9.79. The van der Waals surface area contributed by atoms with Crippen molar-refractivity contribution in [1.82, 2.24) is 5.32 Å². The molecule has 1 rings (SSSR count). The van der Waals surface area contributed by atoms with Crippen LogP contribution in [0.15, 0.2) is 23.3 Å². The highest BCUT2D eigenvalue weighted by Gasteiger charge is 2.23. The van der Waals surface area contributed by atoms with E-state index in [1.165, 1.54) is 18.4 Å². The Morgan fingerprint density at radius 1 is 1.28 bits per heavy atom. The zero-order valence-electron chi connectivity index (χ0n) is 12.8. The van der Waals surface area contributed by atoms with E-state index in [4.69, 9.17) is 5.73 Å². The monoisotopic (exact) mass is 250 g/mol. The number of allylic oxidation sites excluding steroid dienone is 3. The molecule has 1 aliphatic carbocycles. The molecule has 0 aliphatic heterocycles. The van der Waals surface area contributed by atoms with Gasteiger partial charge in [-0.2, -0.15) is 0 Å². The fraction of sp³-hybridized carbons (Fsp3) is 0.750. The average Bonchev–Trinajstić information content (AvgIpc) is 2.23. The highest BCUT2D eigenvalue weighted by molar-refractivity contribution is 5.29. The van der Waals surface area contributed by atoms with Crippen LogP contribution in [0.5, 0.6) is 0 Å². The van der Waals surface area contributed by atoms with Gasteiger partial charge in [-0.15, -0.1) is 0 Å². The summed E-state index contributed by atoms with van der Waals surface area (Å²) >= 11 is 0. The van der Waals surface area contributed by atoms with Crippen LogP contribution >= 0.6 is 0 Å². The topological polar surface area (TPSA) is 38.0 Å². The van der Waals surface area contributed by atoms with Crippen molar-refractivity contribution in [2.24, 2.45) is 11.1 Å². The third kappa shape index (κ3) is 5.36. The van der Waals surface area contributed by atoms with Crippen LogP contribution < -0.4 is 11.1 Å². The summed E-state index contributed by atoms with van der Waals surface area (Å²) in [4.78, 5) is 0. The summed E-state index contributed by atoms with van der Waals surface area (Å²) in [5, 5.41) is 3.55. The third-order valence-electron chi connectivity index (χ3n) is 3.66. The number of hydrogen-bond acceptors (Lipinski definition) is 2. The third-order valence-corrected chi connectivity index (χ3v) is 3.66. The Kier molecular flexibility index (Phi) is 5.18. The normalized spacial score (nSPS) is 17.4. The smallest absolute Gasteiger partial charge is 0.0109 e. The van der Waals surface area contributed by atoms with E-state index >= 15 is 0 Å². The molecule has 0 radical (unpaired) electrons. The van der Waals surface area contributed by atoms with E-state index < -0.39 is 0 Å². The van der Waals surface area contributed by atoms with E-state index in [9.17, 15) is 0 Å². The fourth-order valence-electron chi connectivity index (χ4n) is 2.32. The largest absolute Gasteiger partial charge is 0.326 e. The van der Waals surface area contributed by atoms with Gasteiger partial charge in [0.1, 0.15) is 0 Å². The van der Waals surface area contributed by atoms with Crippen molar-refractivity contribution in [3.8, 4) is 0 Å². The van der Waals surface area contributed by atoms with Gasteiger partial charge in [0.25, 0.3) is 0 Å². The predicted octanol–water partition coefficient (Wildman–Crippen LogP) is 3.40. The Morgan fingerprint density at radius 2 is 1.94 bits per heavy atom. The summed E-state index contributed by atoms with van der Waals surface area (Å²) in [7, 11) is 0. The van der Waals surface area contributed by atoms with Gasteiger partial charge in [-0.05, 0) is 52.0 Å². The second-order valence-corrected chi connectivity index (χ2v) is 6.96. The van der Waals surface area contributed by atoms with Gasteiger partial charge < -0.3 is 11.1 Å². The summed E-state index contributed by atoms with van der Waals surface area (Å²) in [6.07, 6.45) is 8.09. The summed E-state index contributed by atoms with van der Waals surface area (Å²) in [6.45, 7) is 13.0. The second-order valence-electron chi connectivity index (χ2n) is 6.96. The molecule has 2 nitrogen and oxygen atoms in total. The lowest BCUT2D eigenvalue weighted by Crippen LogP contribution is -2.38. The minimum Gasteiger partial charge on any atom is -0.326 e. The highest BCUT2D eigenvalue weighted by Crippen LogP contribution is 2.32. The Hall–Kier alpha value is -0.600. The van der Waals surface area contributed by atoms with Crippen molar-refractivity contribution >= 4 is 0 Å². The van der Waals surface area contributed by atoms with Gasteiger partial charge in [-0.3, -0.25) is 0 Å². The van der Waals surface area contributed by atoms with Gasteiger partial charge in [-0.1, -0.05) is 37.1 Å². The molecular weight excluding hydrogens is 220 g/mol. The molecule has 3 N–H and O–H groups in total. The first-order valence-electron chi connectivity index (χ1n) is 7.08. The number of rotatable bonds is 6. The SMILES string of the molecule is CC1=CCCC(C(C)(C)CNCCC(C)(C)N)=C1. The summed E-state index contributed by atoms with van der Waals surface area (Å²) < 4.78 is 0. The molecule has 0 amide bonds. The first-order valence-corrected chi connectivity index (χ1v) is 7.08. The molecule has 0 bridgehead atoms. The van der Waals surface area contributed by atoms with E-state index in [0.717, 1.165) is 19.5 Å². The standard InChI is InChI=1S/C16H30N2/c1-13-7-6-8-14(11-13)15(2,3)12-18-10-9-16(4,5)17/h7,11,18H,6,8-10,12,17H2,1-5H3. The maximum Gasteiger partial charge on any atom is 0.0109 e.